The molecule has 0 aromatic carbocycles. The molecule has 4 aliphatic rings. The summed E-state index contributed by atoms with van der Waals surface area (Å²) in [5, 5.41) is 11.8. The Morgan fingerprint density at radius 1 is 0.816 bits per heavy atom. The van der Waals surface area contributed by atoms with Gasteiger partial charge in [-0.15, -0.1) is 6.58 Å². The third-order valence-electron chi connectivity index (χ3n) is 13.6. The Balaban J connectivity index is 1.64. The van der Waals surface area contributed by atoms with Gasteiger partial charge in [-0.3, -0.25) is 0 Å². The first kappa shape index (κ1) is 31.0. The molecule has 0 aliphatic heterocycles. The molecule has 0 bridgehead atoms. The number of aliphatic hydroxyl groups excluding tert-OH is 1. The fourth-order valence-electron chi connectivity index (χ4n) is 9.04. The summed E-state index contributed by atoms with van der Waals surface area (Å²) in [5.74, 6) is 2.76. The third-order valence-corrected chi connectivity index (χ3v) is 22.6. The Bertz CT molecular complexity index is 886. The number of fused-ring (bicyclic) bond motifs is 5. The van der Waals surface area contributed by atoms with E-state index in [1.54, 1.807) is 0 Å². The molecular weight excluding hydrogens is 501 g/mol. The largest absolute Gasteiger partial charge is 0.414 e. The molecule has 38 heavy (non-hydrogen) atoms. The summed E-state index contributed by atoms with van der Waals surface area (Å²) in [6, 6.07) is 0. The van der Waals surface area contributed by atoms with Crippen LogP contribution in [0.4, 0.5) is 0 Å². The highest BCUT2D eigenvalue weighted by atomic mass is 28.4. The van der Waals surface area contributed by atoms with Crippen molar-refractivity contribution in [2.24, 2.45) is 40.4 Å². The molecule has 0 aromatic rings. The minimum Gasteiger partial charge on any atom is -0.414 e. The van der Waals surface area contributed by atoms with Crippen molar-refractivity contribution in [1.82, 2.24) is 0 Å². The number of aliphatic hydroxyl groups is 1. The molecule has 0 saturated heterocycles. The lowest BCUT2D eigenvalue weighted by molar-refractivity contribution is -0.163. The summed E-state index contributed by atoms with van der Waals surface area (Å²) in [6.07, 6.45) is 10.8. The predicted molar refractivity (Wildman–Crippen MR) is 166 cm³/mol. The lowest BCUT2D eigenvalue weighted by Crippen LogP contribution is -2.61. The second-order valence-corrected chi connectivity index (χ2v) is 27.0. The van der Waals surface area contributed by atoms with Crippen LogP contribution >= 0.6 is 0 Å². The molecule has 0 heterocycles. The molecule has 4 rings (SSSR count). The third kappa shape index (κ3) is 4.90. The van der Waals surface area contributed by atoms with Gasteiger partial charge in [-0.2, -0.15) is 0 Å². The topological polar surface area (TPSA) is 38.7 Å². The van der Waals surface area contributed by atoms with Crippen LogP contribution in [0.5, 0.6) is 0 Å². The van der Waals surface area contributed by atoms with Crippen molar-refractivity contribution in [1.29, 1.82) is 0 Å². The van der Waals surface area contributed by atoms with Crippen molar-refractivity contribution >= 4 is 16.6 Å². The zero-order valence-corrected chi connectivity index (χ0v) is 29.1. The minimum atomic E-state index is -1.98. The average molecular weight is 563 g/mol. The predicted octanol–water partition coefficient (Wildman–Crippen LogP) is 9.19. The van der Waals surface area contributed by atoms with Gasteiger partial charge >= 0.3 is 0 Å². The molecule has 0 amide bonds. The summed E-state index contributed by atoms with van der Waals surface area (Å²) < 4.78 is 14.4. The number of hydrogen-bond donors (Lipinski definition) is 1. The zero-order chi connectivity index (χ0) is 28.7. The maximum Gasteiger partial charge on any atom is 0.192 e. The van der Waals surface area contributed by atoms with E-state index in [1.807, 2.05) is 0 Å². The highest BCUT2D eigenvalue weighted by molar-refractivity contribution is 6.74. The van der Waals surface area contributed by atoms with Crippen LogP contribution in [-0.2, 0) is 8.85 Å². The molecular formula is C33H62O3Si2. The highest BCUT2D eigenvalue weighted by Crippen LogP contribution is 2.68. The Kier molecular flexibility index (Phi) is 8.01. The second-order valence-electron chi connectivity index (χ2n) is 17.5. The van der Waals surface area contributed by atoms with E-state index in [0.717, 1.165) is 18.8 Å². The van der Waals surface area contributed by atoms with E-state index < -0.39 is 16.6 Å². The van der Waals surface area contributed by atoms with Crippen LogP contribution in [0.3, 0.4) is 0 Å². The molecule has 5 heteroatoms. The van der Waals surface area contributed by atoms with Gasteiger partial charge in [0.15, 0.2) is 16.6 Å². The Hall–Kier alpha value is 0.0538. The van der Waals surface area contributed by atoms with E-state index >= 15 is 0 Å². The summed E-state index contributed by atoms with van der Waals surface area (Å²) in [5.41, 5.74) is 0.327. The van der Waals surface area contributed by atoms with Crippen LogP contribution in [0.25, 0.3) is 0 Å². The van der Waals surface area contributed by atoms with Gasteiger partial charge < -0.3 is 14.0 Å². The van der Waals surface area contributed by atoms with E-state index in [1.165, 1.54) is 32.1 Å². The first-order chi connectivity index (χ1) is 17.2. The van der Waals surface area contributed by atoms with Gasteiger partial charge in [-0.25, -0.2) is 0 Å². The Labute approximate surface area is 238 Å². The SMILES string of the molecule is C=C[C@H]1[C@H](O)C[C@H]2[C@@H]3CC[C@H]4C[C@@H](O[Si](C)(C)C(C)(C)C)CC[C@]4(C)[C@H]3C[C@@H](O[Si](C)(C)C(C)(C)C)[C@]12C. The maximum atomic E-state index is 11.3. The summed E-state index contributed by atoms with van der Waals surface area (Å²) >= 11 is 0. The molecule has 220 valence electrons. The highest BCUT2D eigenvalue weighted by Gasteiger charge is 2.66. The van der Waals surface area contributed by atoms with Crippen LogP contribution in [0.2, 0.25) is 36.3 Å². The van der Waals surface area contributed by atoms with Gasteiger partial charge in [0.2, 0.25) is 0 Å². The normalized spacial score (nSPS) is 44.2. The standard InChI is InChI=1S/C33H62O3Si2/c1-14-25-28(34)20-27-24-16-15-22-19-23(35-37(10,11)30(2,3)4)17-18-32(22,8)26(24)21-29(33(25,27)9)36-38(12,13)31(5,6)7/h14,22-29,34H,1,15-21H2,2-13H3/t22-,23-,24+,25-,26-,27-,28+,29+,32-,33+/m0/s1. The van der Waals surface area contributed by atoms with Crippen molar-refractivity contribution in [2.75, 3.05) is 0 Å². The zero-order valence-electron chi connectivity index (χ0n) is 27.1. The smallest absolute Gasteiger partial charge is 0.192 e. The van der Waals surface area contributed by atoms with Crippen LogP contribution in [0, 0.1) is 40.4 Å². The van der Waals surface area contributed by atoms with Crippen molar-refractivity contribution in [3.8, 4) is 0 Å². The van der Waals surface area contributed by atoms with E-state index in [-0.39, 0.29) is 33.6 Å². The fourth-order valence-corrected chi connectivity index (χ4v) is 11.9. The van der Waals surface area contributed by atoms with Gasteiger partial charge in [0.25, 0.3) is 0 Å². The summed E-state index contributed by atoms with van der Waals surface area (Å²) in [6.45, 7) is 33.2. The molecule has 1 N–H and O–H groups in total. The number of hydrogen-bond acceptors (Lipinski definition) is 3. The summed E-state index contributed by atoms with van der Waals surface area (Å²) in [4.78, 5) is 0. The minimum absolute atomic E-state index is 0.0241. The fraction of sp³-hybridized carbons (Fsp3) is 0.939. The van der Waals surface area contributed by atoms with Crippen LogP contribution in [-0.4, -0.2) is 40.1 Å². The van der Waals surface area contributed by atoms with Crippen LogP contribution < -0.4 is 0 Å². The first-order valence-electron chi connectivity index (χ1n) is 15.9. The molecule has 4 saturated carbocycles. The molecule has 4 aliphatic carbocycles. The van der Waals surface area contributed by atoms with E-state index in [4.69, 9.17) is 8.85 Å². The first-order valence-corrected chi connectivity index (χ1v) is 21.7. The molecule has 0 aromatic heterocycles. The molecule has 10 atom stereocenters. The second kappa shape index (κ2) is 9.81. The van der Waals surface area contributed by atoms with Crippen molar-refractivity contribution in [3.63, 3.8) is 0 Å². The Morgan fingerprint density at radius 2 is 1.39 bits per heavy atom. The number of rotatable bonds is 5. The lowest BCUT2D eigenvalue weighted by atomic mass is 9.44. The van der Waals surface area contributed by atoms with Crippen molar-refractivity contribution in [3.05, 3.63) is 12.7 Å². The van der Waals surface area contributed by atoms with E-state index in [9.17, 15) is 5.11 Å². The Morgan fingerprint density at radius 3 is 1.95 bits per heavy atom. The molecule has 0 unspecified atom stereocenters. The molecule has 3 nitrogen and oxygen atoms in total. The maximum absolute atomic E-state index is 11.3. The van der Waals surface area contributed by atoms with Gasteiger partial charge in [-0.05, 0) is 110 Å². The quantitative estimate of drug-likeness (QED) is 0.268. The van der Waals surface area contributed by atoms with Crippen LogP contribution in [0.1, 0.15) is 100 Å². The summed E-state index contributed by atoms with van der Waals surface area (Å²) in [7, 11) is -3.74. The van der Waals surface area contributed by atoms with Gasteiger partial charge in [0.1, 0.15) is 0 Å². The van der Waals surface area contributed by atoms with E-state index in [0.29, 0.717) is 29.3 Å². The van der Waals surface area contributed by atoms with Gasteiger partial charge in [0, 0.05) is 17.4 Å². The monoisotopic (exact) mass is 562 g/mol. The van der Waals surface area contributed by atoms with Gasteiger partial charge in [0.05, 0.1) is 12.2 Å². The van der Waals surface area contributed by atoms with Crippen LogP contribution in [0.15, 0.2) is 12.7 Å². The average Bonchev–Trinajstić information content (AvgIpc) is 3.03. The molecule has 0 radical (unpaired) electrons. The van der Waals surface area contributed by atoms with Crippen molar-refractivity contribution in [2.45, 2.75) is 155 Å². The molecule has 0 spiro atoms. The van der Waals surface area contributed by atoms with Gasteiger partial charge in [-0.1, -0.05) is 61.5 Å². The van der Waals surface area contributed by atoms with E-state index in [2.05, 4.69) is 94.2 Å². The van der Waals surface area contributed by atoms with Crippen molar-refractivity contribution < 1.29 is 14.0 Å². The molecule has 4 fully saturated rings. The lowest BCUT2D eigenvalue weighted by Gasteiger charge is -2.63.